The molecule has 0 spiro atoms. The highest BCUT2D eigenvalue weighted by molar-refractivity contribution is 7.83. The van der Waals surface area contributed by atoms with Gasteiger partial charge in [0.05, 0.1) is 6.61 Å². The second kappa shape index (κ2) is 10.9. The molecule has 8 atom stereocenters. The van der Waals surface area contributed by atoms with Crippen LogP contribution < -0.4 is 4.72 Å². The molecule has 0 aromatic heterocycles. The average Bonchev–Trinajstić information content (AvgIpc) is 2.68. The number of aliphatic hydroxyl groups excluding tert-OH is 4. The first-order valence-electron chi connectivity index (χ1n) is 8.90. The zero-order valence-electron chi connectivity index (χ0n) is 17.0. The van der Waals surface area contributed by atoms with E-state index in [1.165, 1.54) is 4.72 Å². The molecule has 210 valence electrons. The molecule has 2 heterocycles. The molecular formula is C12H19NO20S3. The van der Waals surface area contributed by atoms with Crippen LogP contribution in [0.15, 0.2) is 11.5 Å². The highest BCUT2D eigenvalue weighted by Gasteiger charge is 2.52. The van der Waals surface area contributed by atoms with Crippen molar-refractivity contribution >= 4 is 37.1 Å². The Bertz CT molecular complexity index is 1180. The van der Waals surface area contributed by atoms with Crippen LogP contribution in [0.4, 0.5) is 0 Å². The van der Waals surface area contributed by atoms with E-state index in [4.69, 9.17) is 33.0 Å². The Hall–Kier alpha value is -1.78. The second-order valence-electron chi connectivity index (χ2n) is 6.93. The minimum Gasteiger partial charge on any atom is -0.506 e. The van der Waals surface area contributed by atoms with Crippen molar-refractivity contribution in [2.24, 2.45) is 0 Å². The summed E-state index contributed by atoms with van der Waals surface area (Å²) in [5.41, 5.74) is 0. The highest BCUT2D eigenvalue weighted by atomic mass is 32.3. The van der Waals surface area contributed by atoms with Gasteiger partial charge in [0.2, 0.25) is 12.0 Å². The number of ether oxygens (including phenoxy) is 3. The predicted octanol–water partition coefficient (Wildman–Crippen LogP) is -5.21. The lowest BCUT2D eigenvalue weighted by molar-refractivity contribution is -0.305. The third kappa shape index (κ3) is 8.11. The van der Waals surface area contributed by atoms with Crippen LogP contribution in [0.5, 0.6) is 0 Å². The molecule has 0 bridgehead atoms. The molecule has 0 saturated carbocycles. The van der Waals surface area contributed by atoms with Crippen molar-refractivity contribution in [1.29, 1.82) is 0 Å². The Morgan fingerprint density at radius 3 is 2.03 bits per heavy atom. The van der Waals surface area contributed by atoms with Crippen LogP contribution in [0, 0.1) is 0 Å². The molecule has 9 N–H and O–H groups in total. The number of carboxylic acids is 1. The quantitative estimate of drug-likeness (QED) is 0.107. The molecule has 0 amide bonds. The van der Waals surface area contributed by atoms with Crippen LogP contribution in [0.1, 0.15) is 0 Å². The average molecular weight is 593 g/mol. The van der Waals surface area contributed by atoms with E-state index in [1.54, 1.807) is 0 Å². The van der Waals surface area contributed by atoms with E-state index >= 15 is 0 Å². The maximum atomic E-state index is 11.3. The second-order valence-corrected chi connectivity index (χ2v) is 10.3. The van der Waals surface area contributed by atoms with Crippen molar-refractivity contribution in [3.05, 3.63) is 11.5 Å². The normalized spacial score (nSPS) is 34.3. The van der Waals surface area contributed by atoms with Gasteiger partial charge in [-0.05, 0) is 0 Å². The standard InChI is InChI=1S/C12H19NO20S3/c14-4-3(13-34(20,21)22)11(19)30-2(1-29-35(23,24)25)7(4)31-12-9(33-36(26,27)28)6(16)5(15)8(32-12)10(17)18/h2-4,6-7,9,11-16,19H,1H2,(H,17,18)(H,20,21,22)(H,23,24,25)(H,26,27,28)/t2-,3-,4-,6+,7-,9-,11?,12-/m1/s1. The van der Waals surface area contributed by atoms with E-state index in [9.17, 15) is 50.5 Å². The number of carbonyl (C=O) groups is 1. The minimum atomic E-state index is -5.49. The van der Waals surface area contributed by atoms with Crippen molar-refractivity contribution in [2.75, 3.05) is 6.61 Å². The molecule has 24 heteroatoms. The van der Waals surface area contributed by atoms with Crippen molar-refractivity contribution in [3.8, 4) is 0 Å². The van der Waals surface area contributed by atoms with E-state index in [-0.39, 0.29) is 0 Å². The Kier molecular flexibility index (Phi) is 9.23. The Labute approximate surface area is 201 Å². The Balaban J connectivity index is 2.49. The van der Waals surface area contributed by atoms with E-state index in [1.807, 2.05) is 0 Å². The topological polar surface area (TPSA) is 340 Å². The van der Waals surface area contributed by atoms with Gasteiger partial charge in [-0.3, -0.25) is 13.7 Å². The van der Waals surface area contributed by atoms with Crippen molar-refractivity contribution in [3.63, 3.8) is 0 Å². The lowest BCUT2D eigenvalue weighted by Crippen LogP contribution is -2.66. The maximum Gasteiger partial charge on any atom is 0.397 e. The molecule has 0 aromatic rings. The number of carboxylic acid groups (broad SMARTS) is 1. The molecule has 2 aliphatic rings. The molecule has 2 aliphatic heterocycles. The van der Waals surface area contributed by atoms with Crippen LogP contribution in [0.25, 0.3) is 0 Å². The lowest BCUT2D eigenvalue weighted by Gasteiger charge is -2.44. The first-order valence-corrected chi connectivity index (χ1v) is 13.1. The molecule has 0 aromatic carbocycles. The van der Waals surface area contributed by atoms with E-state index in [0.29, 0.717) is 0 Å². The molecule has 1 unspecified atom stereocenters. The van der Waals surface area contributed by atoms with Crippen molar-refractivity contribution in [2.45, 2.75) is 49.1 Å². The number of rotatable bonds is 10. The Morgan fingerprint density at radius 1 is 0.972 bits per heavy atom. The van der Waals surface area contributed by atoms with Crippen LogP contribution in [-0.2, 0) is 58.5 Å². The molecule has 0 aliphatic carbocycles. The largest absolute Gasteiger partial charge is 0.506 e. The van der Waals surface area contributed by atoms with Gasteiger partial charge >= 0.3 is 37.1 Å². The van der Waals surface area contributed by atoms with Crippen LogP contribution in [-0.4, -0.2) is 126 Å². The van der Waals surface area contributed by atoms with Gasteiger partial charge in [0, 0.05) is 0 Å². The molecule has 36 heavy (non-hydrogen) atoms. The van der Waals surface area contributed by atoms with Crippen LogP contribution in [0.3, 0.4) is 0 Å². The van der Waals surface area contributed by atoms with Gasteiger partial charge in [0.1, 0.15) is 30.5 Å². The summed E-state index contributed by atoms with van der Waals surface area (Å²) in [5.74, 6) is -5.02. The smallest absolute Gasteiger partial charge is 0.397 e. The fraction of sp³-hybridized carbons (Fsp3) is 0.750. The first-order chi connectivity index (χ1) is 16.2. The van der Waals surface area contributed by atoms with Gasteiger partial charge in [-0.15, -0.1) is 0 Å². The summed E-state index contributed by atoms with van der Waals surface area (Å²) in [5, 5.41) is 49.4. The summed E-state index contributed by atoms with van der Waals surface area (Å²) in [6.07, 6.45) is -16.7. The van der Waals surface area contributed by atoms with Gasteiger partial charge in [-0.2, -0.15) is 30.0 Å². The minimum absolute atomic E-state index is 1.30. The summed E-state index contributed by atoms with van der Waals surface area (Å²) in [6.45, 7) is -1.30. The van der Waals surface area contributed by atoms with Crippen molar-refractivity contribution in [1.82, 2.24) is 4.72 Å². The predicted molar refractivity (Wildman–Crippen MR) is 102 cm³/mol. The molecule has 1 fully saturated rings. The summed E-state index contributed by atoms with van der Waals surface area (Å²) >= 11 is 0. The Morgan fingerprint density at radius 2 is 1.56 bits per heavy atom. The first kappa shape index (κ1) is 30.4. The fourth-order valence-corrected chi connectivity index (χ4v) is 4.41. The third-order valence-corrected chi connectivity index (χ3v) is 5.87. The molecule has 1 saturated heterocycles. The monoisotopic (exact) mass is 593 g/mol. The zero-order valence-corrected chi connectivity index (χ0v) is 19.5. The SMILES string of the molecule is O=C(O)C1=C(O)[C@H](O)[C@@H](OS(=O)(=O)O)[C@H](O[C@H]2[C@H](O)[C@@H](NS(=O)(=O)O)C(O)O[C@@H]2COS(=O)(=O)O)O1. The third-order valence-electron chi connectivity index (χ3n) is 4.40. The maximum absolute atomic E-state index is 11.3. The van der Waals surface area contributed by atoms with Gasteiger partial charge in [0.15, 0.2) is 18.2 Å². The highest BCUT2D eigenvalue weighted by Crippen LogP contribution is 2.32. The van der Waals surface area contributed by atoms with E-state index in [2.05, 4.69) is 8.37 Å². The number of nitrogens with one attached hydrogen (secondary N) is 1. The van der Waals surface area contributed by atoms with Gasteiger partial charge in [-0.1, -0.05) is 0 Å². The molecule has 0 radical (unpaired) electrons. The number of aliphatic carboxylic acids is 1. The number of hydrogen-bond donors (Lipinski definition) is 9. The van der Waals surface area contributed by atoms with Gasteiger partial charge in [-0.25, -0.2) is 13.2 Å². The number of hydrogen-bond acceptors (Lipinski definition) is 16. The van der Waals surface area contributed by atoms with Gasteiger partial charge in [0.25, 0.3) is 0 Å². The van der Waals surface area contributed by atoms with E-state index in [0.717, 1.165) is 0 Å². The lowest BCUT2D eigenvalue weighted by atomic mass is 9.97. The summed E-state index contributed by atoms with van der Waals surface area (Å²) < 4.78 is 117. The molecule has 21 nitrogen and oxygen atoms in total. The number of aliphatic hydroxyl groups is 4. The van der Waals surface area contributed by atoms with E-state index < -0.39 is 104 Å². The zero-order chi connectivity index (χ0) is 27.8. The van der Waals surface area contributed by atoms with Gasteiger partial charge < -0.3 is 39.7 Å². The summed E-state index contributed by atoms with van der Waals surface area (Å²) in [4.78, 5) is 11.3. The summed E-state index contributed by atoms with van der Waals surface area (Å²) in [6, 6.07) is -2.20. The summed E-state index contributed by atoms with van der Waals surface area (Å²) in [7, 11) is -15.9. The van der Waals surface area contributed by atoms with Crippen LogP contribution >= 0.6 is 0 Å². The fourth-order valence-electron chi connectivity index (χ4n) is 3.03. The molecular weight excluding hydrogens is 574 g/mol. The van der Waals surface area contributed by atoms with Crippen molar-refractivity contribution < 1.29 is 91.8 Å². The van der Waals surface area contributed by atoms with Crippen LogP contribution in [0.2, 0.25) is 0 Å². The molecule has 2 rings (SSSR count).